The molecule has 0 aliphatic rings. The first-order chi connectivity index (χ1) is 7.47. The van der Waals surface area contributed by atoms with E-state index in [0.29, 0.717) is 11.1 Å². The van der Waals surface area contributed by atoms with E-state index in [1.165, 1.54) is 25.1 Å². The predicted molar refractivity (Wildman–Crippen MR) is 61.9 cm³/mol. The highest BCUT2D eigenvalue weighted by Crippen LogP contribution is 2.21. The van der Waals surface area contributed by atoms with Gasteiger partial charge in [-0.3, -0.25) is 9.59 Å². The van der Waals surface area contributed by atoms with Gasteiger partial charge in [0, 0.05) is 17.0 Å². The SMILES string of the molecule is CCC(C)C(=O)c1ccc(O)cc1C(C)=O. The summed E-state index contributed by atoms with van der Waals surface area (Å²) >= 11 is 0. The van der Waals surface area contributed by atoms with E-state index in [1.54, 1.807) is 0 Å². The van der Waals surface area contributed by atoms with Crippen LogP contribution in [0.25, 0.3) is 0 Å². The Morgan fingerprint density at radius 1 is 1.31 bits per heavy atom. The van der Waals surface area contributed by atoms with Crippen molar-refractivity contribution in [2.45, 2.75) is 27.2 Å². The molecule has 0 saturated heterocycles. The summed E-state index contributed by atoms with van der Waals surface area (Å²) in [6.07, 6.45) is 0.733. The molecule has 0 amide bonds. The largest absolute Gasteiger partial charge is 0.508 e. The Morgan fingerprint density at radius 2 is 1.94 bits per heavy atom. The maximum atomic E-state index is 12.0. The second-order valence-electron chi connectivity index (χ2n) is 3.96. The number of carbonyl (C=O) groups is 2. The minimum atomic E-state index is -0.206. The summed E-state index contributed by atoms with van der Waals surface area (Å²) in [5.74, 6) is -0.358. The van der Waals surface area contributed by atoms with Gasteiger partial charge >= 0.3 is 0 Å². The number of hydrogen-bond donors (Lipinski definition) is 1. The fraction of sp³-hybridized carbons (Fsp3) is 0.385. The number of rotatable bonds is 4. The average Bonchev–Trinajstić information content (AvgIpc) is 2.26. The Hall–Kier alpha value is -1.64. The Morgan fingerprint density at radius 3 is 2.44 bits per heavy atom. The average molecular weight is 220 g/mol. The molecule has 0 heterocycles. The van der Waals surface area contributed by atoms with Crippen LogP contribution in [0.1, 0.15) is 47.9 Å². The quantitative estimate of drug-likeness (QED) is 0.794. The van der Waals surface area contributed by atoms with Crippen molar-refractivity contribution in [3.63, 3.8) is 0 Å². The van der Waals surface area contributed by atoms with Crippen LogP contribution in [0.5, 0.6) is 5.75 Å². The van der Waals surface area contributed by atoms with Crippen LogP contribution in [0.2, 0.25) is 0 Å². The van der Waals surface area contributed by atoms with Crippen LogP contribution in [0.15, 0.2) is 18.2 Å². The summed E-state index contributed by atoms with van der Waals surface area (Å²) in [5.41, 5.74) is 0.699. The number of ketones is 2. The monoisotopic (exact) mass is 220 g/mol. The van der Waals surface area contributed by atoms with Crippen molar-refractivity contribution < 1.29 is 14.7 Å². The highest BCUT2D eigenvalue weighted by Gasteiger charge is 2.19. The molecular formula is C13H16O3. The van der Waals surface area contributed by atoms with Crippen molar-refractivity contribution in [3.05, 3.63) is 29.3 Å². The van der Waals surface area contributed by atoms with Gasteiger partial charge in [0.25, 0.3) is 0 Å². The lowest BCUT2D eigenvalue weighted by Gasteiger charge is -2.10. The first kappa shape index (κ1) is 12.4. The Bertz CT molecular complexity index is 421. The molecule has 0 bridgehead atoms. The van der Waals surface area contributed by atoms with Gasteiger partial charge in [0.05, 0.1) is 0 Å². The first-order valence-corrected chi connectivity index (χ1v) is 5.35. The Kier molecular flexibility index (Phi) is 3.82. The summed E-state index contributed by atoms with van der Waals surface area (Å²) < 4.78 is 0. The van der Waals surface area contributed by atoms with Crippen LogP contribution in [0, 0.1) is 5.92 Å². The van der Waals surface area contributed by atoms with Gasteiger partial charge in [0.2, 0.25) is 0 Å². The van der Waals surface area contributed by atoms with E-state index < -0.39 is 0 Å². The lowest BCUT2D eigenvalue weighted by Crippen LogP contribution is -2.14. The maximum absolute atomic E-state index is 12.0. The second-order valence-corrected chi connectivity index (χ2v) is 3.96. The van der Waals surface area contributed by atoms with Crippen molar-refractivity contribution in [2.24, 2.45) is 5.92 Å². The molecule has 0 aliphatic carbocycles. The van der Waals surface area contributed by atoms with E-state index >= 15 is 0 Å². The summed E-state index contributed by atoms with van der Waals surface area (Å²) in [4.78, 5) is 23.3. The van der Waals surface area contributed by atoms with Crippen LogP contribution in [-0.4, -0.2) is 16.7 Å². The van der Waals surface area contributed by atoms with Crippen LogP contribution in [-0.2, 0) is 0 Å². The molecule has 0 aliphatic heterocycles. The third-order valence-electron chi connectivity index (χ3n) is 2.71. The number of benzene rings is 1. The zero-order valence-electron chi connectivity index (χ0n) is 9.78. The van der Waals surface area contributed by atoms with E-state index in [4.69, 9.17) is 0 Å². The molecule has 1 aromatic rings. The molecule has 16 heavy (non-hydrogen) atoms. The van der Waals surface area contributed by atoms with Gasteiger partial charge in [-0.25, -0.2) is 0 Å². The summed E-state index contributed by atoms with van der Waals surface area (Å²) in [7, 11) is 0. The standard InChI is InChI=1S/C13H16O3/c1-4-8(2)13(16)11-6-5-10(15)7-12(11)9(3)14/h5-8,15H,4H2,1-3H3. The van der Waals surface area contributed by atoms with Crippen molar-refractivity contribution in [3.8, 4) is 5.75 Å². The van der Waals surface area contributed by atoms with Crippen LogP contribution < -0.4 is 0 Å². The van der Waals surface area contributed by atoms with Gasteiger partial charge in [0.15, 0.2) is 11.6 Å². The molecule has 1 aromatic carbocycles. The molecule has 86 valence electrons. The highest BCUT2D eigenvalue weighted by atomic mass is 16.3. The predicted octanol–water partition coefficient (Wildman–Crippen LogP) is 2.82. The van der Waals surface area contributed by atoms with Crippen molar-refractivity contribution >= 4 is 11.6 Å². The third-order valence-corrected chi connectivity index (χ3v) is 2.71. The van der Waals surface area contributed by atoms with Crippen molar-refractivity contribution in [1.29, 1.82) is 0 Å². The summed E-state index contributed by atoms with van der Waals surface area (Å²) in [5, 5.41) is 9.30. The summed E-state index contributed by atoms with van der Waals surface area (Å²) in [6.45, 7) is 5.15. The lowest BCUT2D eigenvalue weighted by atomic mass is 9.92. The molecule has 0 radical (unpaired) electrons. The minimum Gasteiger partial charge on any atom is -0.508 e. The van der Waals surface area contributed by atoms with E-state index in [9.17, 15) is 14.7 Å². The number of phenolic OH excluding ortho intramolecular Hbond substituents is 1. The Labute approximate surface area is 95.1 Å². The fourth-order valence-electron chi connectivity index (χ4n) is 1.49. The highest BCUT2D eigenvalue weighted by molar-refractivity contribution is 6.09. The minimum absolute atomic E-state index is 0.00546. The summed E-state index contributed by atoms with van der Waals surface area (Å²) in [6, 6.07) is 4.29. The lowest BCUT2D eigenvalue weighted by molar-refractivity contribution is 0.0916. The van der Waals surface area contributed by atoms with E-state index in [0.717, 1.165) is 6.42 Å². The molecule has 1 unspecified atom stereocenters. The zero-order chi connectivity index (χ0) is 12.3. The molecule has 1 rings (SSSR count). The van der Waals surface area contributed by atoms with Gasteiger partial charge in [-0.05, 0) is 31.5 Å². The molecule has 0 saturated carbocycles. The van der Waals surface area contributed by atoms with Crippen molar-refractivity contribution in [1.82, 2.24) is 0 Å². The molecule has 0 aromatic heterocycles. The van der Waals surface area contributed by atoms with E-state index in [1.807, 2.05) is 13.8 Å². The first-order valence-electron chi connectivity index (χ1n) is 5.35. The van der Waals surface area contributed by atoms with Gasteiger partial charge < -0.3 is 5.11 Å². The van der Waals surface area contributed by atoms with Gasteiger partial charge in [-0.2, -0.15) is 0 Å². The molecule has 1 atom stereocenters. The van der Waals surface area contributed by atoms with Crippen LogP contribution in [0.4, 0.5) is 0 Å². The second kappa shape index (κ2) is 4.92. The zero-order valence-corrected chi connectivity index (χ0v) is 9.78. The van der Waals surface area contributed by atoms with E-state index in [-0.39, 0.29) is 23.2 Å². The van der Waals surface area contributed by atoms with Crippen LogP contribution in [0.3, 0.4) is 0 Å². The van der Waals surface area contributed by atoms with E-state index in [2.05, 4.69) is 0 Å². The molecule has 0 spiro atoms. The Balaban J connectivity index is 3.23. The van der Waals surface area contributed by atoms with Gasteiger partial charge in [-0.1, -0.05) is 13.8 Å². The molecule has 3 heteroatoms. The topological polar surface area (TPSA) is 54.4 Å². The number of hydrogen-bond acceptors (Lipinski definition) is 3. The number of Topliss-reactive ketones (excluding diaryl/α,β-unsaturated/α-hetero) is 2. The fourth-order valence-corrected chi connectivity index (χ4v) is 1.49. The van der Waals surface area contributed by atoms with Crippen molar-refractivity contribution in [2.75, 3.05) is 0 Å². The molecule has 1 N–H and O–H groups in total. The van der Waals surface area contributed by atoms with Gasteiger partial charge in [0.1, 0.15) is 5.75 Å². The van der Waals surface area contributed by atoms with Gasteiger partial charge in [-0.15, -0.1) is 0 Å². The maximum Gasteiger partial charge on any atom is 0.166 e. The third kappa shape index (κ3) is 2.48. The molecule has 0 fully saturated rings. The number of carbonyl (C=O) groups excluding carboxylic acids is 2. The molecular weight excluding hydrogens is 204 g/mol. The normalized spacial score (nSPS) is 12.2. The smallest absolute Gasteiger partial charge is 0.166 e. The van der Waals surface area contributed by atoms with Crippen LogP contribution >= 0.6 is 0 Å². The number of phenols is 1. The number of aromatic hydroxyl groups is 1. The molecule has 3 nitrogen and oxygen atoms in total.